The van der Waals surface area contributed by atoms with Gasteiger partial charge in [-0.15, -0.1) is 0 Å². The van der Waals surface area contributed by atoms with E-state index in [4.69, 9.17) is 4.74 Å². The first kappa shape index (κ1) is 20.3. The van der Waals surface area contributed by atoms with E-state index in [-0.39, 0.29) is 35.7 Å². The molecule has 0 bridgehead atoms. The van der Waals surface area contributed by atoms with Crippen LogP contribution in [-0.4, -0.2) is 18.0 Å². The van der Waals surface area contributed by atoms with E-state index in [1.54, 1.807) is 0 Å². The summed E-state index contributed by atoms with van der Waals surface area (Å²) in [6.45, 7) is 4.28. The first-order chi connectivity index (χ1) is 15.0. The molecule has 2 aliphatic carbocycles. The normalized spacial score (nSPS) is 34.4. The van der Waals surface area contributed by atoms with Crippen LogP contribution in [0.2, 0.25) is 0 Å². The summed E-state index contributed by atoms with van der Waals surface area (Å²) in [5.41, 5.74) is 1.75. The molecule has 1 aliphatic heterocycles. The Labute approximate surface area is 184 Å². The second-order valence-electron chi connectivity index (χ2n) is 9.77. The molecule has 3 fully saturated rings. The van der Waals surface area contributed by atoms with Gasteiger partial charge in [-0.05, 0) is 68.2 Å². The monoisotopic (exact) mass is 417 g/mol. The van der Waals surface area contributed by atoms with Crippen molar-refractivity contribution in [3.63, 3.8) is 0 Å². The third-order valence-electron chi connectivity index (χ3n) is 7.88. The zero-order valence-corrected chi connectivity index (χ0v) is 18.3. The number of fused-ring (bicyclic) bond motifs is 2. The van der Waals surface area contributed by atoms with Crippen LogP contribution in [0.4, 0.5) is 11.4 Å². The van der Waals surface area contributed by atoms with Gasteiger partial charge in [0.2, 0.25) is 5.91 Å². The number of cyclic esters (lactones) is 1. The van der Waals surface area contributed by atoms with Crippen molar-refractivity contribution in [1.29, 1.82) is 0 Å². The van der Waals surface area contributed by atoms with Crippen molar-refractivity contribution in [3.8, 4) is 0 Å². The van der Waals surface area contributed by atoms with E-state index in [2.05, 4.69) is 6.92 Å². The number of anilines is 2. The molecule has 1 saturated heterocycles. The highest BCUT2D eigenvalue weighted by Gasteiger charge is 2.58. The van der Waals surface area contributed by atoms with Crippen molar-refractivity contribution >= 4 is 23.3 Å². The number of carbonyl (C=O) groups is 2. The fraction of sp³-hybridized carbons (Fsp3) is 0.481. The largest absolute Gasteiger partial charge is 0.462 e. The van der Waals surface area contributed by atoms with Crippen molar-refractivity contribution in [3.05, 3.63) is 60.7 Å². The summed E-state index contributed by atoms with van der Waals surface area (Å²) >= 11 is 0. The van der Waals surface area contributed by atoms with Crippen LogP contribution < -0.4 is 4.90 Å². The number of hydrogen-bond donors (Lipinski definition) is 0. The highest BCUT2D eigenvalue weighted by Crippen LogP contribution is 2.54. The van der Waals surface area contributed by atoms with Gasteiger partial charge in [-0.3, -0.25) is 14.5 Å². The molecular weight excluding hydrogens is 386 g/mol. The van der Waals surface area contributed by atoms with Gasteiger partial charge >= 0.3 is 5.97 Å². The van der Waals surface area contributed by atoms with Crippen LogP contribution in [0.25, 0.3) is 0 Å². The maximum absolute atomic E-state index is 14.4. The maximum atomic E-state index is 14.4. The highest BCUT2D eigenvalue weighted by molar-refractivity contribution is 6.02. The van der Waals surface area contributed by atoms with E-state index in [1.807, 2.05) is 72.5 Å². The molecule has 0 unspecified atom stereocenters. The summed E-state index contributed by atoms with van der Waals surface area (Å²) in [6, 6.07) is 19.8. The molecule has 162 valence electrons. The third kappa shape index (κ3) is 3.56. The minimum Gasteiger partial charge on any atom is -0.462 e. The Hall–Kier alpha value is -2.62. The van der Waals surface area contributed by atoms with Gasteiger partial charge in [0.25, 0.3) is 0 Å². The Morgan fingerprint density at radius 1 is 0.903 bits per heavy atom. The van der Waals surface area contributed by atoms with Crippen LogP contribution in [0.5, 0.6) is 0 Å². The van der Waals surface area contributed by atoms with Crippen LogP contribution in [0.15, 0.2) is 60.7 Å². The van der Waals surface area contributed by atoms with Crippen LogP contribution in [0, 0.1) is 35.5 Å². The van der Waals surface area contributed by atoms with Crippen molar-refractivity contribution < 1.29 is 14.3 Å². The van der Waals surface area contributed by atoms with Crippen LogP contribution >= 0.6 is 0 Å². The van der Waals surface area contributed by atoms with Crippen LogP contribution in [-0.2, 0) is 14.3 Å². The summed E-state index contributed by atoms with van der Waals surface area (Å²) in [7, 11) is 0. The van der Waals surface area contributed by atoms with Crippen molar-refractivity contribution in [2.75, 3.05) is 4.90 Å². The second-order valence-corrected chi connectivity index (χ2v) is 9.77. The van der Waals surface area contributed by atoms with Gasteiger partial charge in [-0.1, -0.05) is 49.7 Å². The van der Waals surface area contributed by atoms with E-state index in [9.17, 15) is 9.59 Å². The smallest absolute Gasteiger partial charge is 0.309 e. The number of rotatable bonds is 3. The van der Waals surface area contributed by atoms with E-state index in [0.717, 1.165) is 37.1 Å². The van der Waals surface area contributed by atoms with Gasteiger partial charge in [0, 0.05) is 23.2 Å². The number of ether oxygens (including phenoxy) is 1. The van der Waals surface area contributed by atoms with E-state index < -0.39 is 0 Å². The number of benzene rings is 2. The lowest BCUT2D eigenvalue weighted by Crippen LogP contribution is -2.51. The van der Waals surface area contributed by atoms with E-state index in [1.165, 1.54) is 0 Å². The summed E-state index contributed by atoms with van der Waals surface area (Å²) in [4.78, 5) is 29.0. The third-order valence-corrected chi connectivity index (χ3v) is 7.88. The van der Waals surface area contributed by atoms with Crippen molar-refractivity contribution in [2.24, 2.45) is 35.5 Å². The lowest BCUT2D eigenvalue weighted by Gasteiger charge is -2.48. The zero-order chi connectivity index (χ0) is 21.5. The Morgan fingerprint density at radius 3 is 2.13 bits per heavy atom. The molecule has 1 heterocycles. The Bertz CT molecular complexity index is 904. The first-order valence-electron chi connectivity index (χ1n) is 11.7. The fourth-order valence-electron chi connectivity index (χ4n) is 6.56. The summed E-state index contributed by atoms with van der Waals surface area (Å²) in [5, 5.41) is 0. The molecule has 0 N–H and O–H groups in total. The van der Waals surface area contributed by atoms with Gasteiger partial charge in [-0.2, -0.15) is 0 Å². The van der Waals surface area contributed by atoms with Crippen LogP contribution in [0.3, 0.4) is 0 Å². The molecule has 31 heavy (non-hydrogen) atoms. The summed E-state index contributed by atoms with van der Waals surface area (Å²) in [6.07, 6.45) is 3.99. The quantitative estimate of drug-likeness (QED) is 0.611. The van der Waals surface area contributed by atoms with Crippen LogP contribution in [0.1, 0.15) is 39.5 Å². The maximum Gasteiger partial charge on any atom is 0.309 e. The van der Waals surface area contributed by atoms with E-state index in [0.29, 0.717) is 17.8 Å². The molecule has 4 heteroatoms. The minimum atomic E-state index is -0.208. The zero-order valence-electron chi connectivity index (χ0n) is 18.3. The standard InChI is InChI=1S/C27H31NO3/c1-17-13-14-22-19(15-17)16-23-24(18(2)31-27(23)30)25(22)26(29)28(20-9-5-3-6-10-20)21-11-7-4-8-12-21/h3-12,17-19,22-25H,13-16H2,1-2H3/t17-,18-,19+,22-,23-,24-,25+/m1/s1. The molecule has 2 saturated carbocycles. The Balaban J connectivity index is 1.58. The molecule has 2 aromatic rings. The topological polar surface area (TPSA) is 46.6 Å². The average molecular weight is 418 g/mol. The average Bonchev–Trinajstić information content (AvgIpc) is 3.06. The number of nitrogens with zero attached hydrogens (tertiary/aromatic N) is 1. The van der Waals surface area contributed by atoms with Crippen molar-refractivity contribution in [2.45, 2.75) is 45.6 Å². The molecule has 0 spiro atoms. The molecule has 1 amide bonds. The number of carbonyl (C=O) groups excluding carboxylic acids is 2. The summed E-state index contributed by atoms with van der Waals surface area (Å²) in [5.74, 6) is 1.02. The SMILES string of the molecule is C[C@@H]1CC[C@@H]2[C@@H](C1)C[C@H]1C(=O)O[C@H](C)[C@H]1[C@H]2C(=O)N(c1ccccc1)c1ccccc1. The summed E-state index contributed by atoms with van der Waals surface area (Å²) < 4.78 is 5.70. The molecule has 4 nitrogen and oxygen atoms in total. The van der Waals surface area contributed by atoms with E-state index >= 15 is 0 Å². The first-order valence-corrected chi connectivity index (χ1v) is 11.7. The molecule has 0 aromatic heterocycles. The lowest BCUT2D eigenvalue weighted by atomic mass is 9.56. The van der Waals surface area contributed by atoms with Gasteiger partial charge in [-0.25, -0.2) is 0 Å². The van der Waals surface area contributed by atoms with Gasteiger partial charge < -0.3 is 4.74 Å². The Morgan fingerprint density at radius 2 is 1.52 bits per heavy atom. The van der Waals surface area contributed by atoms with Gasteiger partial charge in [0.05, 0.1) is 5.92 Å². The van der Waals surface area contributed by atoms with Gasteiger partial charge in [0.15, 0.2) is 0 Å². The van der Waals surface area contributed by atoms with Gasteiger partial charge in [0.1, 0.15) is 6.10 Å². The Kier molecular flexibility index (Phi) is 5.33. The molecular formula is C27H31NO3. The number of hydrogen-bond acceptors (Lipinski definition) is 3. The molecule has 7 atom stereocenters. The minimum absolute atomic E-state index is 0.0374. The fourth-order valence-corrected chi connectivity index (χ4v) is 6.56. The molecule has 5 rings (SSSR count). The number of para-hydroxylation sites is 2. The number of esters is 1. The number of amides is 1. The second kappa shape index (κ2) is 8.14. The predicted molar refractivity (Wildman–Crippen MR) is 121 cm³/mol. The lowest BCUT2D eigenvalue weighted by molar-refractivity contribution is -0.144. The predicted octanol–water partition coefficient (Wildman–Crippen LogP) is 5.60. The highest BCUT2D eigenvalue weighted by atomic mass is 16.6. The molecule has 0 radical (unpaired) electrons. The molecule has 3 aliphatic rings. The molecule has 2 aromatic carbocycles. The van der Waals surface area contributed by atoms with Crippen molar-refractivity contribution in [1.82, 2.24) is 0 Å².